The summed E-state index contributed by atoms with van der Waals surface area (Å²) < 4.78 is 77.6. The number of benzene rings is 2. The number of likely N-dealkylation sites (tertiary alicyclic amines) is 1. The van der Waals surface area contributed by atoms with Gasteiger partial charge in [-0.3, -0.25) is 4.79 Å². The van der Waals surface area contributed by atoms with Gasteiger partial charge in [0.25, 0.3) is 5.91 Å². The summed E-state index contributed by atoms with van der Waals surface area (Å²) in [6, 6.07) is 9.11. The van der Waals surface area contributed by atoms with E-state index in [9.17, 15) is 30.8 Å². The molecule has 1 saturated heterocycles. The summed E-state index contributed by atoms with van der Waals surface area (Å²) in [6.07, 6.45) is -3.91. The van der Waals surface area contributed by atoms with E-state index in [1.807, 2.05) is 0 Å². The van der Waals surface area contributed by atoms with Crippen molar-refractivity contribution >= 4 is 15.7 Å². The summed E-state index contributed by atoms with van der Waals surface area (Å²) in [5.74, 6) is -1.21. The van der Waals surface area contributed by atoms with E-state index in [1.54, 1.807) is 0 Å². The molecule has 1 heterocycles. The van der Waals surface area contributed by atoms with Crippen LogP contribution in [0.4, 0.5) is 17.6 Å². The van der Waals surface area contributed by atoms with Gasteiger partial charge in [0.05, 0.1) is 15.2 Å². The van der Waals surface area contributed by atoms with E-state index in [2.05, 4.69) is 0 Å². The Kier molecular flexibility index (Phi) is 6.19. The molecule has 9 heteroatoms. The van der Waals surface area contributed by atoms with E-state index in [1.165, 1.54) is 43.0 Å². The molecule has 0 spiro atoms. The van der Waals surface area contributed by atoms with Crippen LogP contribution >= 0.6 is 0 Å². The number of alkyl halides is 3. The van der Waals surface area contributed by atoms with Crippen molar-refractivity contribution in [3.63, 3.8) is 0 Å². The van der Waals surface area contributed by atoms with E-state index in [0.29, 0.717) is 18.9 Å². The minimum Gasteiger partial charge on any atom is -0.339 e. The highest BCUT2D eigenvalue weighted by atomic mass is 32.2. The number of rotatable bonds is 4. The topological polar surface area (TPSA) is 54.5 Å². The van der Waals surface area contributed by atoms with Gasteiger partial charge in [-0.05, 0) is 69.0 Å². The zero-order valence-corrected chi connectivity index (χ0v) is 17.9. The summed E-state index contributed by atoms with van der Waals surface area (Å²) in [6.45, 7) is 3.58. The van der Waals surface area contributed by atoms with Crippen molar-refractivity contribution < 1.29 is 30.8 Å². The summed E-state index contributed by atoms with van der Waals surface area (Å²) in [7, 11) is -4.07. The SMILES string of the molecule is CC(C)(C1CCN(C(=O)c2cccc(F)c2)CC1)S(=O)(=O)c1cccc(C(F)(F)F)c1. The minimum absolute atomic E-state index is 0.217. The normalized spacial score (nSPS) is 16.4. The Bertz CT molecular complexity index is 1070. The van der Waals surface area contributed by atoms with Crippen molar-refractivity contribution in [2.45, 2.75) is 42.5 Å². The maximum absolute atomic E-state index is 13.4. The van der Waals surface area contributed by atoms with Crippen LogP contribution in [0.3, 0.4) is 0 Å². The second-order valence-electron chi connectivity index (χ2n) is 8.21. The highest BCUT2D eigenvalue weighted by molar-refractivity contribution is 7.92. The van der Waals surface area contributed by atoms with Gasteiger partial charge in [0.1, 0.15) is 5.82 Å². The molecule has 0 N–H and O–H groups in total. The predicted octanol–water partition coefficient (Wildman–Crippen LogP) is 4.95. The number of hydrogen-bond acceptors (Lipinski definition) is 3. The Morgan fingerprint density at radius 2 is 1.61 bits per heavy atom. The van der Waals surface area contributed by atoms with Crippen molar-refractivity contribution in [1.29, 1.82) is 0 Å². The monoisotopic (exact) mass is 457 g/mol. The molecule has 2 aromatic carbocycles. The number of carbonyl (C=O) groups excluding carboxylic acids is 1. The Morgan fingerprint density at radius 3 is 2.19 bits per heavy atom. The molecule has 31 heavy (non-hydrogen) atoms. The maximum Gasteiger partial charge on any atom is 0.416 e. The molecule has 1 aliphatic rings. The molecule has 4 nitrogen and oxygen atoms in total. The van der Waals surface area contributed by atoms with Crippen LogP contribution in [0.2, 0.25) is 0 Å². The average Bonchev–Trinajstić information content (AvgIpc) is 2.72. The molecule has 2 aromatic rings. The van der Waals surface area contributed by atoms with Crippen LogP contribution in [0.15, 0.2) is 53.4 Å². The summed E-state index contributed by atoms with van der Waals surface area (Å²) in [4.78, 5) is 13.8. The Labute approximate surface area is 178 Å². The van der Waals surface area contributed by atoms with Crippen LogP contribution in [-0.2, 0) is 16.0 Å². The van der Waals surface area contributed by atoms with E-state index >= 15 is 0 Å². The number of piperidine rings is 1. The van der Waals surface area contributed by atoms with Gasteiger partial charge in [0, 0.05) is 18.7 Å². The van der Waals surface area contributed by atoms with Gasteiger partial charge in [-0.1, -0.05) is 12.1 Å². The van der Waals surface area contributed by atoms with Crippen LogP contribution < -0.4 is 0 Å². The zero-order chi connectivity index (χ0) is 23.0. The van der Waals surface area contributed by atoms with Crippen LogP contribution in [-0.4, -0.2) is 37.1 Å². The highest BCUT2D eigenvalue weighted by Gasteiger charge is 2.45. The fourth-order valence-corrected chi connectivity index (χ4v) is 5.77. The molecule has 0 radical (unpaired) electrons. The quantitative estimate of drug-likeness (QED) is 0.611. The largest absolute Gasteiger partial charge is 0.416 e. The second kappa shape index (κ2) is 8.26. The highest BCUT2D eigenvalue weighted by Crippen LogP contribution is 2.39. The van der Waals surface area contributed by atoms with Crippen molar-refractivity contribution in [2.24, 2.45) is 5.92 Å². The number of amides is 1. The number of sulfone groups is 1. The van der Waals surface area contributed by atoms with Crippen molar-refractivity contribution in [3.8, 4) is 0 Å². The molecule has 0 bridgehead atoms. The third kappa shape index (κ3) is 4.61. The molecule has 168 valence electrons. The molecule has 0 atom stereocenters. The van der Waals surface area contributed by atoms with Crippen LogP contribution in [0, 0.1) is 11.7 Å². The van der Waals surface area contributed by atoms with E-state index in [4.69, 9.17) is 0 Å². The Balaban J connectivity index is 1.77. The molecule has 3 rings (SSSR count). The standard InChI is InChI=1S/C22H23F4NO3S/c1-21(2,31(29,30)19-8-4-6-17(14-19)22(24,25)26)16-9-11-27(12-10-16)20(28)15-5-3-7-18(23)13-15/h3-8,13-14,16H,9-12H2,1-2H3. The van der Waals surface area contributed by atoms with E-state index < -0.39 is 32.1 Å². The van der Waals surface area contributed by atoms with Gasteiger partial charge in [0.2, 0.25) is 0 Å². The minimum atomic E-state index is -4.64. The molecule has 0 unspecified atom stereocenters. The van der Waals surface area contributed by atoms with Crippen LogP contribution in [0.25, 0.3) is 0 Å². The van der Waals surface area contributed by atoms with Crippen LogP contribution in [0.5, 0.6) is 0 Å². The van der Waals surface area contributed by atoms with Gasteiger partial charge < -0.3 is 4.90 Å². The molecular formula is C22H23F4NO3S. The number of carbonyl (C=O) groups is 1. The predicted molar refractivity (Wildman–Crippen MR) is 108 cm³/mol. The molecule has 0 saturated carbocycles. The zero-order valence-electron chi connectivity index (χ0n) is 17.1. The fraction of sp³-hybridized carbons (Fsp3) is 0.409. The molecule has 1 amide bonds. The van der Waals surface area contributed by atoms with Crippen molar-refractivity contribution in [1.82, 2.24) is 4.90 Å². The van der Waals surface area contributed by atoms with E-state index in [-0.39, 0.29) is 35.4 Å². The lowest BCUT2D eigenvalue weighted by molar-refractivity contribution is -0.137. The maximum atomic E-state index is 13.4. The van der Waals surface area contributed by atoms with Crippen molar-refractivity contribution in [2.75, 3.05) is 13.1 Å². The first kappa shape index (κ1) is 23.2. The van der Waals surface area contributed by atoms with Gasteiger partial charge in [-0.15, -0.1) is 0 Å². The lowest BCUT2D eigenvalue weighted by Crippen LogP contribution is -2.47. The van der Waals surface area contributed by atoms with E-state index in [0.717, 1.165) is 18.2 Å². The number of nitrogens with zero attached hydrogens (tertiary/aromatic N) is 1. The molecule has 1 aliphatic heterocycles. The van der Waals surface area contributed by atoms with Gasteiger partial charge in [-0.25, -0.2) is 12.8 Å². The first-order valence-corrected chi connectivity index (χ1v) is 11.3. The summed E-state index contributed by atoms with van der Waals surface area (Å²) >= 11 is 0. The Hall–Kier alpha value is -2.42. The number of hydrogen-bond donors (Lipinski definition) is 0. The molecule has 1 fully saturated rings. The van der Waals surface area contributed by atoms with Crippen LogP contribution in [0.1, 0.15) is 42.6 Å². The average molecular weight is 457 g/mol. The lowest BCUT2D eigenvalue weighted by atomic mass is 9.85. The third-order valence-electron chi connectivity index (χ3n) is 6.00. The van der Waals surface area contributed by atoms with Crippen molar-refractivity contribution in [3.05, 3.63) is 65.5 Å². The summed E-state index contributed by atoms with van der Waals surface area (Å²) in [5.41, 5.74) is -0.797. The van der Waals surface area contributed by atoms with Gasteiger partial charge in [0.15, 0.2) is 9.84 Å². The van der Waals surface area contributed by atoms with Gasteiger partial charge in [-0.2, -0.15) is 13.2 Å². The smallest absolute Gasteiger partial charge is 0.339 e. The second-order valence-corrected chi connectivity index (χ2v) is 10.7. The lowest BCUT2D eigenvalue weighted by Gasteiger charge is -2.40. The molecule has 0 aromatic heterocycles. The summed E-state index contributed by atoms with van der Waals surface area (Å²) in [5, 5.41) is 0. The number of halogens is 4. The molecular weight excluding hydrogens is 434 g/mol. The fourth-order valence-electron chi connectivity index (χ4n) is 3.94. The first-order valence-electron chi connectivity index (χ1n) is 9.81. The molecule has 0 aliphatic carbocycles. The van der Waals surface area contributed by atoms with Gasteiger partial charge >= 0.3 is 6.18 Å². The third-order valence-corrected chi connectivity index (χ3v) is 8.59. The first-order chi connectivity index (χ1) is 14.3. The Morgan fingerprint density at radius 1 is 1.00 bits per heavy atom.